The Morgan fingerprint density at radius 2 is 1.81 bits per heavy atom. The number of nitrogen functional groups attached to an aromatic ring is 1. The summed E-state index contributed by atoms with van der Waals surface area (Å²) in [5.74, 6) is -0.961. The molecule has 3 rings (SSSR count). The number of amides is 2. The summed E-state index contributed by atoms with van der Waals surface area (Å²) >= 11 is 0. The second-order valence-electron chi connectivity index (χ2n) is 8.81. The fraction of sp³-hybridized carbons (Fsp3) is 0.320. The Kier molecular flexibility index (Phi) is 6.67. The van der Waals surface area contributed by atoms with Crippen LogP contribution in [0.15, 0.2) is 51.7 Å². The highest BCUT2D eigenvalue weighted by Gasteiger charge is 2.21. The van der Waals surface area contributed by atoms with E-state index in [1.807, 2.05) is 27.7 Å². The van der Waals surface area contributed by atoms with Crippen LogP contribution in [0.1, 0.15) is 67.0 Å². The van der Waals surface area contributed by atoms with Crippen LogP contribution in [0.3, 0.4) is 0 Å². The van der Waals surface area contributed by atoms with Crippen LogP contribution < -0.4 is 21.8 Å². The smallest absolute Gasteiger partial charge is 0.287 e. The summed E-state index contributed by atoms with van der Waals surface area (Å²) < 4.78 is 5.84. The van der Waals surface area contributed by atoms with Crippen molar-refractivity contribution in [1.29, 1.82) is 0 Å². The van der Waals surface area contributed by atoms with Gasteiger partial charge in [-0.2, -0.15) is 0 Å². The average Bonchev–Trinajstić information content (AvgIpc) is 2.73. The third-order valence-electron chi connectivity index (χ3n) is 5.13. The van der Waals surface area contributed by atoms with Crippen LogP contribution in [-0.2, 0) is 5.41 Å². The number of carbonyl (C=O) groups excluding carboxylic acids is 2. The number of fused-ring (bicyclic) bond motifs is 1. The SMILES string of the molecule is CCCCNC(=O)c1cc(=O)c2cc(C(C)(C)C)cc(NC(=O)c3cccc(N)c3)c2o1. The van der Waals surface area contributed by atoms with Crippen molar-refractivity contribution in [2.75, 3.05) is 17.6 Å². The van der Waals surface area contributed by atoms with Crippen LogP contribution in [0.4, 0.5) is 11.4 Å². The maximum Gasteiger partial charge on any atom is 0.287 e. The van der Waals surface area contributed by atoms with Crippen LogP contribution in [0.25, 0.3) is 11.0 Å². The first-order valence-electron chi connectivity index (χ1n) is 10.7. The lowest BCUT2D eigenvalue weighted by Gasteiger charge is -2.21. The van der Waals surface area contributed by atoms with E-state index in [0.29, 0.717) is 28.9 Å². The van der Waals surface area contributed by atoms with Crippen LogP contribution in [-0.4, -0.2) is 18.4 Å². The zero-order chi connectivity index (χ0) is 23.5. The molecule has 168 valence electrons. The Hall–Kier alpha value is -3.61. The predicted molar refractivity (Wildman–Crippen MR) is 127 cm³/mol. The van der Waals surface area contributed by atoms with E-state index >= 15 is 0 Å². The first-order chi connectivity index (χ1) is 15.1. The number of hydrogen-bond donors (Lipinski definition) is 3. The van der Waals surface area contributed by atoms with Crippen LogP contribution in [0, 0.1) is 0 Å². The Labute approximate surface area is 187 Å². The summed E-state index contributed by atoms with van der Waals surface area (Å²) in [5, 5.41) is 5.87. The standard InChI is InChI=1S/C25H29N3O4/c1-5-6-10-27-24(31)21-14-20(29)18-12-16(25(2,3)4)13-19(22(18)32-21)28-23(30)15-8-7-9-17(26)11-15/h7-9,11-14H,5-6,10,26H2,1-4H3,(H,27,31)(H,28,30). The predicted octanol–water partition coefficient (Wildman–Crippen LogP) is 4.45. The van der Waals surface area contributed by atoms with Gasteiger partial charge in [0.15, 0.2) is 16.8 Å². The largest absolute Gasteiger partial charge is 0.448 e. The van der Waals surface area contributed by atoms with Crippen molar-refractivity contribution < 1.29 is 14.0 Å². The second kappa shape index (κ2) is 9.26. The van der Waals surface area contributed by atoms with Gasteiger partial charge in [-0.25, -0.2) is 0 Å². The number of rotatable bonds is 6. The highest BCUT2D eigenvalue weighted by atomic mass is 16.3. The van der Waals surface area contributed by atoms with Gasteiger partial charge in [0.1, 0.15) is 0 Å². The minimum absolute atomic E-state index is 0.0958. The van der Waals surface area contributed by atoms with Crippen LogP contribution in [0.2, 0.25) is 0 Å². The summed E-state index contributed by atoms with van der Waals surface area (Å²) in [5.41, 5.74) is 7.32. The first-order valence-corrected chi connectivity index (χ1v) is 10.7. The summed E-state index contributed by atoms with van der Waals surface area (Å²) in [7, 11) is 0. The normalized spacial score (nSPS) is 11.4. The summed E-state index contributed by atoms with van der Waals surface area (Å²) in [6.07, 6.45) is 1.75. The van der Waals surface area contributed by atoms with Gasteiger partial charge in [-0.3, -0.25) is 14.4 Å². The van der Waals surface area contributed by atoms with Crippen molar-refractivity contribution in [3.05, 3.63) is 69.6 Å². The average molecular weight is 436 g/mol. The summed E-state index contributed by atoms with van der Waals surface area (Å²) in [4.78, 5) is 38.3. The molecule has 1 aromatic heterocycles. The van der Waals surface area contributed by atoms with E-state index in [0.717, 1.165) is 18.4 Å². The maximum atomic E-state index is 12.9. The molecule has 7 nitrogen and oxygen atoms in total. The minimum atomic E-state index is -0.467. The van der Waals surface area contributed by atoms with Gasteiger partial charge < -0.3 is 20.8 Å². The number of unbranched alkanes of at least 4 members (excludes halogenated alkanes) is 1. The van der Waals surface area contributed by atoms with Crippen molar-refractivity contribution in [1.82, 2.24) is 5.32 Å². The molecular formula is C25H29N3O4. The first kappa shape index (κ1) is 23.1. The number of nitrogens with two attached hydrogens (primary N) is 1. The molecule has 2 amide bonds. The molecule has 0 radical (unpaired) electrons. The Morgan fingerprint density at radius 3 is 2.47 bits per heavy atom. The molecule has 0 saturated carbocycles. The molecule has 0 saturated heterocycles. The molecule has 0 aliphatic carbocycles. The summed E-state index contributed by atoms with van der Waals surface area (Å²) in [6.45, 7) is 8.53. The van der Waals surface area contributed by atoms with E-state index in [9.17, 15) is 14.4 Å². The maximum absolute atomic E-state index is 12.9. The molecule has 0 unspecified atom stereocenters. The molecule has 1 heterocycles. The second-order valence-corrected chi connectivity index (χ2v) is 8.81. The lowest BCUT2D eigenvalue weighted by atomic mass is 9.86. The van der Waals surface area contributed by atoms with E-state index in [2.05, 4.69) is 10.6 Å². The molecule has 7 heteroatoms. The van der Waals surface area contributed by atoms with Crippen molar-refractivity contribution >= 4 is 34.2 Å². The van der Waals surface area contributed by atoms with Gasteiger partial charge in [0, 0.05) is 23.9 Å². The Balaban J connectivity index is 2.11. The van der Waals surface area contributed by atoms with Gasteiger partial charge in [-0.1, -0.05) is 40.2 Å². The molecule has 0 bridgehead atoms. The topological polar surface area (TPSA) is 114 Å². The quantitative estimate of drug-likeness (QED) is 0.391. The molecule has 0 atom stereocenters. The van der Waals surface area contributed by atoms with Crippen LogP contribution >= 0.6 is 0 Å². The number of hydrogen-bond acceptors (Lipinski definition) is 5. The van der Waals surface area contributed by atoms with E-state index in [4.69, 9.17) is 10.2 Å². The third-order valence-corrected chi connectivity index (χ3v) is 5.13. The fourth-order valence-corrected chi connectivity index (χ4v) is 3.24. The third kappa shape index (κ3) is 5.17. The zero-order valence-electron chi connectivity index (χ0n) is 18.9. The molecule has 0 spiro atoms. The Bertz CT molecular complexity index is 1220. The highest BCUT2D eigenvalue weighted by molar-refractivity contribution is 6.08. The fourth-order valence-electron chi connectivity index (χ4n) is 3.24. The van der Waals surface area contributed by atoms with E-state index in [-0.39, 0.29) is 22.2 Å². The van der Waals surface area contributed by atoms with Crippen molar-refractivity contribution in [2.24, 2.45) is 0 Å². The highest BCUT2D eigenvalue weighted by Crippen LogP contribution is 2.31. The Morgan fingerprint density at radius 1 is 1.06 bits per heavy atom. The number of carbonyl (C=O) groups is 2. The molecule has 0 aliphatic rings. The van der Waals surface area contributed by atoms with E-state index in [1.54, 1.807) is 36.4 Å². The molecule has 3 aromatic rings. The molecule has 0 fully saturated rings. The zero-order valence-corrected chi connectivity index (χ0v) is 18.9. The summed E-state index contributed by atoms with van der Waals surface area (Å²) in [6, 6.07) is 11.3. The van der Waals surface area contributed by atoms with Crippen molar-refractivity contribution in [3.8, 4) is 0 Å². The lowest BCUT2D eigenvalue weighted by molar-refractivity contribution is 0.0926. The minimum Gasteiger partial charge on any atom is -0.448 e. The van der Waals surface area contributed by atoms with Gasteiger partial charge in [-0.05, 0) is 47.7 Å². The molecule has 32 heavy (non-hydrogen) atoms. The monoisotopic (exact) mass is 435 g/mol. The van der Waals surface area contributed by atoms with Crippen molar-refractivity contribution in [3.63, 3.8) is 0 Å². The van der Waals surface area contributed by atoms with Gasteiger partial charge in [0.25, 0.3) is 11.8 Å². The van der Waals surface area contributed by atoms with Gasteiger partial charge in [0.05, 0.1) is 11.1 Å². The molecule has 2 aromatic carbocycles. The lowest BCUT2D eigenvalue weighted by Crippen LogP contribution is -2.25. The van der Waals surface area contributed by atoms with Gasteiger partial charge >= 0.3 is 0 Å². The van der Waals surface area contributed by atoms with E-state index in [1.165, 1.54) is 6.07 Å². The van der Waals surface area contributed by atoms with E-state index < -0.39 is 11.8 Å². The van der Waals surface area contributed by atoms with Crippen molar-refractivity contribution in [2.45, 2.75) is 46.0 Å². The number of benzene rings is 2. The van der Waals surface area contributed by atoms with Crippen LogP contribution in [0.5, 0.6) is 0 Å². The number of anilines is 2. The molecule has 0 aliphatic heterocycles. The molecule has 4 N–H and O–H groups in total. The molecular weight excluding hydrogens is 406 g/mol. The van der Waals surface area contributed by atoms with Gasteiger partial charge in [-0.15, -0.1) is 0 Å². The van der Waals surface area contributed by atoms with Gasteiger partial charge in [0.2, 0.25) is 0 Å². The number of nitrogens with one attached hydrogen (secondary N) is 2.